The Labute approximate surface area is 119 Å². The molecule has 0 fully saturated rings. The van der Waals surface area contributed by atoms with Crippen LogP contribution in [0.2, 0.25) is 5.02 Å². The average molecular weight is 322 g/mol. The van der Waals surface area contributed by atoms with Gasteiger partial charge in [-0.3, -0.25) is 5.41 Å². The van der Waals surface area contributed by atoms with Crippen molar-refractivity contribution in [1.82, 2.24) is 0 Å². The van der Waals surface area contributed by atoms with Gasteiger partial charge >= 0.3 is 0 Å². The molecule has 0 unspecified atom stereocenters. The van der Waals surface area contributed by atoms with E-state index in [4.69, 9.17) is 17.0 Å². The molecule has 0 bridgehead atoms. The summed E-state index contributed by atoms with van der Waals surface area (Å²) in [5.74, 6) is 0.542. The molecule has 1 aliphatic rings. The summed E-state index contributed by atoms with van der Waals surface area (Å²) in [4.78, 5) is 1.98. The molecule has 3 rings (SSSR count). The maximum absolute atomic E-state index is 8.23. The van der Waals surface area contributed by atoms with E-state index in [1.807, 2.05) is 41.3 Å². The van der Waals surface area contributed by atoms with Gasteiger partial charge in [0.1, 0.15) is 5.84 Å². The van der Waals surface area contributed by atoms with Crippen LogP contribution in [0, 0.1) is 5.41 Å². The van der Waals surface area contributed by atoms with Crippen LogP contribution in [0.1, 0.15) is 11.1 Å². The van der Waals surface area contributed by atoms with Crippen LogP contribution >= 0.6 is 27.5 Å². The Morgan fingerprint density at radius 1 is 1.17 bits per heavy atom. The van der Waals surface area contributed by atoms with E-state index in [1.165, 1.54) is 5.56 Å². The molecule has 0 saturated heterocycles. The smallest absolute Gasteiger partial charge is 0.133 e. The van der Waals surface area contributed by atoms with Crippen molar-refractivity contribution in [1.29, 1.82) is 5.41 Å². The highest BCUT2D eigenvalue weighted by Crippen LogP contribution is 2.32. The van der Waals surface area contributed by atoms with Crippen molar-refractivity contribution in [3.8, 4) is 0 Å². The fraction of sp³-hybridized carbons (Fsp3) is 0.0714. The fourth-order valence-corrected chi connectivity index (χ4v) is 2.64. The molecular weight excluding hydrogens is 312 g/mol. The van der Waals surface area contributed by atoms with Crippen LogP contribution in [0.25, 0.3) is 0 Å². The van der Waals surface area contributed by atoms with Crippen LogP contribution in [-0.4, -0.2) is 5.84 Å². The van der Waals surface area contributed by atoms with E-state index in [0.717, 1.165) is 22.3 Å². The van der Waals surface area contributed by atoms with Crippen LogP contribution < -0.4 is 4.90 Å². The molecule has 0 saturated carbocycles. The number of halogens is 2. The summed E-state index contributed by atoms with van der Waals surface area (Å²) in [6, 6.07) is 13.8. The highest BCUT2D eigenvalue weighted by atomic mass is 79.9. The number of hydrogen-bond acceptors (Lipinski definition) is 1. The monoisotopic (exact) mass is 320 g/mol. The number of nitrogens with zero attached hydrogens (tertiary/aromatic N) is 1. The molecule has 0 aliphatic carbocycles. The number of amidine groups is 1. The predicted octanol–water partition coefficient (Wildman–Crippen LogP) is 4.45. The Morgan fingerprint density at radius 2 is 1.94 bits per heavy atom. The van der Waals surface area contributed by atoms with Crippen molar-refractivity contribution in [2.45, 2.75) is 6.54 Å². The summed E-state index contributed by atoms with van der Waals surface area (Å²) >= 11 is 9.41. The van der Waals surface area contributed by atoms with Gasteiger partial charge in [0.15, 0.2) is 0 Å². The lowest BCUT2D eigenvalue weighted by Crippen LogP contribution is -2.22. The first kappa shape index (κ1) is 11.8. The van der Waals surface area contributed by atoms with Crippen molar-refractivity contribution < 1.29 is 0 Å². The van der Waals surface area contributed by atoms with Crippen LogP contribution in [0.5, 0.6) is 0 Å². The molecule has 2 nitrogen and oxygen atoms in total. The van der Waals surface area contributed by atoms with Gasteiger partial charge in [-0.1, -0.05) is 35.9 Å². The molecule has 0 atom stereocenters. The van der Waals surface area contributed by atoms with Gasteiger partial charge in [0.05, 0.1) is 11.6 Å². The van der Waals surface area contributed by atoms with E-state index in [9.17, 15) is 0 Å². The van der Waals surface area contributed by atoms with E-state index in [1.54, 1.807) is 0 Å². The molecule has 4 heteroatoms. The van der Waals surface area contributed by atoms with Crippen LogP contribution in [0.3, 0.4) is 0 Å². The van der Waals surface area contributed by atoms with E-state index in [0.29, 0.717) is 10.9 Å². The molecule has 0 amide bonds. The van der Waals surface area contributed by atoms with Gasteiger partial charge in [0, 0.05) is 15.7 Å². The Kier molecular flexibility index (Phi) is 2.88. The lowest BCUT2D eigenvalue weighted by atomic mass is 10.1. The van der Waals surface area contributed by atoms with Gasteiger partial charge in [-0.25, -0.2) is 0 Å². The molecular formula is C14H10BrClN2. The van der Waals surface area contributed by atoms with Gasteiger partial charge in [0.2, 0.25) is 0 Å². The first-order valence-corrected chi connectivity index (χ1v) is 6.73. The molecule has 18 heavy (non-hydrogen) atoms. The van der Waals surface area contributed by atoms with Gasteiger partial charge in [0.25, 0.3) is 0 Å². The van der Waals surface area contributed by atoms with Crippen molar-refractivity contribution in [3.63, 3.8) is 0 Å². The topological polar surface area (TPSA) is 27.1 Å². The largest absolute Gasteiger partial charge is 0.322 e. The second-order valence-corrected chi connectivity index (χ2v) is 5.45. The number of nitrogens with one attached hydrogen (secondary N) is 1. The van der Waals surface area contributed by atoms with Gasteiger partial charge in [-0.15, -0.1) is 0 Å². The normalized spacial score (nSPS) is 13.9. The van der Waals surface area contributed by atoms with Crippen LogP contribution in [-0.2, 0) is 6.54 Å². The standard InChI is InChI=1S/C14H10BrClN2/c15-12-7-10(5-6-13(12)16)18-8-9-3-1-2-4-11(9)14(18)17/h1-7,17H,8H2. The third-order valence-electron chi connectivity index (χ3n) is 3.09. The predicted molar refractivity (Wildman–Crippen MR) is 78.6 cm³/mol. The third kappa shape index (κ3) is 1.84. The lowest BCUT2D eigenvalue weighted by molar-refractivity contribution is 1.05. The SMILES string of the molecule is N=C1c2ccccc2CN1c1ccc(Cl)c(Br)c1. The number of rotatable bonds is 1. The molecule has 2 aromatic rings. The van der Waals surface area contributed by atoms with Crippen LogP contribution in [0.4, 0.5) is 5.69 Å². The molecule has 0 spiro atoms. The fourth-order valence-electron chi connectivity index (χ4n) is 2.16. The summed E-state index contributed by atoms with van der Waals surface area (Å²) in [6.07, 6.45) is 0. The Hall–Kier alpha value is -1.32. The number of benzene rings is 2. The van der Waals surface area contributed by atoms with Gasteiger partial charge in [-0.2, -0.15) is 0 Å². The minimum Gasteiger partial charge on any atom is -0.322 e. The molecule has 90 valence electrons. The van der Waals surface area contributed by atoms with Crippen molar-refractivity contribution >= 4 is 39.1 Å². The highest BCUT2D eigenvalue weighted by Gasteiger charge is 2.24. The molecule has 0 radical (unpaired) electrons. The summed E-state index contributed by atoms with van der Waals surface area (Å²) in [5, 5.41) is 8.91. The summed E-state index contributed by atoms with van der Waals surface area (Å²) in [6.45, 7) is 0.739. The van der Waals surface area contributed by atoms with Crippen LogP contribution in [0.15, 0.2) is 46.9 Å². The summed E-state index contributed by atoms with van der Waals surface area (Å²) in [5.41, 5.74) is 3.17. The second-order valence-electron chi connectivity index (χ2n) is 4.19. The van der Waals surface area contributed by atoms with Crippen molar-refractivity contribution in [2.24, 2.45) is 0 Å². The summed E-state index contributed by atoms with van der Waals surface area (Å²) < 4.78 is 0.852. The zero-order valence-electron chi connectivity index (χ0n) is 9.45. The second kappa shape index (κ2) is 4.41. The molecule has 0 aromatic heterocycles. The molecule has 1 heterocycles. The Balaban J connectivity index is 2.01. The van der Waals surface area contributed by atoms with Crippen molar-refractivity contribution in [3.05, 3.63) is 63.1 Å². The molecule has 1 N–H and O–H groups in total. The minimum atomic E-state index is 0.542. The van der Waals surface area contributed by atoms with E-state index in [-0.39, 0.29) is 0 Å². The molecule has 1 aliphatic heterocycles. The van der Waals surface area contributed by atoms with E-state index < -0.39 is 0 Å². The zero-order valence-corrected chi connectivity index (χ0v) is 11.8. The first-order chi connectivity index (χ1) is 8.66. The quantitative estimate of drug-likeness (QED) is 0.825. The number of anilines is 1. The molecule has 2 aromatic carbocycles. The lowest BCUT2D eigenvalue weighted by Gasteiger charge is -2.18. The first-order valence-electron chi connectivity index (χ1n) is 5.56. The summed E-state index contributed by atoms with van der Waals surface area (Å²) in [7, 11) is 0. The Morgan fingerprint density at radius 3 is 2.67 bits per heavy atom. The minimum absolute atomic E-state index is 0.542. The highest BCUT2D eigenvalue weighted by molar-refractivity contribution is 9.10. The van der Waals surface area contributed by atoms with Gasteiger partial charge < -0.3 is 4.90 Å². The number of fused-ring (bicyclic) bond motifs is 1. The van der Waals surface area contributed by atoms with Gasteiger partial charge in [-0.05, 0) is 39.7 Å². The Bertz CT molecular complexity index is 639. The zero-order chi connectivity index (χ0) is 12.7. The van der Waals surface area contributed by atoms with E-state index in [2.05, 4.69) is 22.0 Å². The van der Waals surface area contributed by atoms with E-state index >= 15 is 0 Å². The third-order valence-corrected chi connectivity index (χ3v) is 4.30. The maximum atomic E-state index is 8.23. The van der Waals surface area contributed by atoms with Crippen molar-refractivity contribution in [2.75, 3.05) is 4.90 Å². The average Bonchev–Trinajstić information content (AvgIpc) is 2.71. The maximum Gasteiger partial charge on any atom is 0.133 e. The number of hydrogen-bond donors (Lipinski definition) is 1.